The summed E-state index contributed by atoms with van der Waals surface area (Å²) in [6.45, 7) is 30.6. The van der Waals surface area contributed by atoms with Crippen LogP contribution in [0.5, 0.6) is 0 Å². The van der Waals surface area contributed by atoms with E-state index in [1.54, 1.807) is 0 Å². The Morgan fingerprint density at radius 2 is 0.303 bits per heavy atom. The van der Waals surface area contributed by atoms with Crippen LogP contribution in [0.3, 0.4) is 0 Å². The molecule has 0 fully saturated rings. The maximum atomic E-state index is 12.5. The van der Waals surface area contributed by atoms with Crippen LogP contribution < -0.4 is 10.2 Å². The highest BCUT2D eigenvalue weighted by Crippen LogP contribution is 2.29. The number of carbonyl (C=O) groups is 2. The summed E-state index contributed by atoms with van der Waals surface area (Å²) >= 11 is 0. The van der Waals surface area contributed by atoms with Gasteiger partial charge in [-0.1, -0.05) is 503 Å². The maximum Gasteiger partial charge on any atom is 0.207 e. The van der Waals surface area contributed by atoms with Crippen molar-refractivity contribution in [2.45, 2.75) is 579 Å². The number of hydrogen-bond acceptors (Lipinski definition) is 6. The second-order valence-corrected chi connectivity index (χ2v) is 39.9. The zero-order valence-electron chi connectivity index (χ0n) is 81.6. The molecule has 0 aliphatic carbocycles. The minimum absolute atomic E-state index is 0.529. The van der Waals surface area contributed by atoms with Gasteiger partial charge in [0, 0.05) is 11.1 Å². The SMILES string of the molecule is CCCCCCCCCCCC[N+](CCCCCCCCCCCC)(CCCCCCCCCCCC)CCCCCCCCCCCC.CCCCCCCCCCCC[N+](CCCCCCCCCCCC)(CCCCCCCCCCCC)CCCCCCCCCCCC.O=C([O-])c1ccccc1S(=O)(=O)c1ccccc1C(=O)[O-]. The molecule has 700 valence electrons. The minimum atomic E-state index is -4.33. The number of carbonyl (C=O) groups excluding carboxylic acids is 2. The molecule has 0 saturated carbocycles. The fourth-order valence-electron chi connectivity index (χ4n) is 18.7. The summed E-state index contributed by atoms with van der Waals surface area (Å²) in [6, 6.07) is 9.65. The van der Waals surface area contributed by atoms with Gasteiger partial charge in [0.1, 0.15) is 0 Å². The number of carboxylic acids is 2. The number of quaternary nitrogens is 2. The van der Waals surface area contributed by atoms with Crippen LogP contribution in [-0.4, -0.2) is 81.7 Å². The van der Waals surface area contributed by atoms with E-state index in [2.05, 4.69) is 55.4 Å². The fraction of sp³-hybridized carbons (Fsp3) is 0.873. The smallest absolute Gasteiger partial charge is 0.207 e. The number of unbranched alkanes of at least 4 members (excludes halogenated alkanes) is 72. The summed E-state index contributed by atoms with van der Waals surface area (Å²) in [5.74, 6) is -3.33. The van der Waals surface area contributed by atoms with Gasteiger partial charge in [-0.2, -0.15) is 0 Å². The van der Waals surface area contributed by atoms with Crippen LogP contribution in [0.25, 0.3) is 0 Å². The zero-order valence-corrected chi connectivity index (χ0v) is 82.4. The molecule has 0 heterocycles. The van der Waals surface area contributed by atoms with Crippen LogP contribution in [0, 0.1) is 0 Å². The van der Waals surface area contributed by atoms with Gasteiger partial charge in [-0.15, -0.1) is 0 Å². The van der Waals surface area contributed by atoms with Crippen molar-refractivity contribution >= 4 is 21.8 Å². The highest BCUT2D eigenvalue weighted by molar-refractivity contribution is 7.91. The lowest BCUT2D eigenvalue weighted by molar-refractivity contribution is -0.929. The van der Waals surface area contributed by atoms with Crippen LogP contribution in [0.4, 0.5) is 0 Å². The van der Waals surface area contributed by atoms with E-state index in [1.807, 2.05) is 0 Å². The topological polar surface area (TPSA) is 114 Å². The third-order valence-corrected chi connectivity index (χ3v) is 28.6. The van der Waals surface area contributed by atoms with Crippen molar-refractivity contribution in [1.29, 1.82) is 0 Å². The van der Waals surface area contributed by atoms with Gasteiger partial charge >= 0.3 is 0 Å². The van der Waals surface area contributed by atoms with Gasteiger partial charge in [0.05, 0.1) is 74.1 Å². The lowest BCUT2D eigenvalue weighted by atomic mass is 10.0. The summed E-state index contributed by atoms with van der Waals surface area (Å²) in [5.41, 5.74) is -1.07. The molecule has 0 saturated heterocycles. The second kappa shape index (κ2) is 90.1. The summed E-state index contributed by atoms with van der Waals surface area (Å²) in [7, 11) is -4.33. The van der Waals surface area contributed by atoms with Gasteiger partial charge in [-0.3, -0.25) is 0 Å². The Morgan fingerprint density at radius 3 is 0.420 bits per heavy atom. The van der Waals surface area contributed by atoms with Crippen LogP contribution in [0.1, 0.15) is 590 Å². The molecular formula is C110H208N2O6S. The van der Waals surface area contributed by atoms with Gasteiger partial charge in [-0.25, -0.2) is 8.42 Å². The van der Waals surface area contributed by atoms with Crippen molar-refractivity contribution in [3.63, 3.8) is 0 Å². The van der Waals surface area contributed by atoms with Gasteiger partial charge in [0.2, 0.25) is 9.84 Å². The fourth-order valence-corrected chi connectivity index (χ4v) is 20.3. The molecule has 0 bridgehead atoms. The van der Waals surface area contributed by atoms with Crippen molar-refractivity contribution in [3.8, 4) is 0 Å². The van der Waals surface area contributed by atoms with Crippen molar-refractivity contribution in [3.05, 3.63) is 59.7 Å². The minimum Gasteiger partial charge on any atom is -0.545 e. The molecule has 0 radical (unpaired) electrons. The predicted octanol–water partition coefficient (Wildman–Crippen LogP) is 34.2. The monoisotopic (exact) mass is 1690 g/mol. The van der Waals surface area contributed by atoms with E-state index in [9.17, 15) is 28.2 Å². The van der Waals surface area contributed by atoms with E-state index in [1.165, 1.54) is 599 Å². The van der Waals surface area contributed by atoms with Gasteiger partial charge in [-0.05, 0) is 115 Å². The van der Waals surface area contributed by atoms with E-state index in [4.69, 9.17) is 0 Å². The van der Waals surface area contributed by atoms with Gasteiger partial charge < -0.3 is 28.8 Å². The number of rotatable bonds is 92. The largest absolute Gasteiger partial charge is 0.545 e. The number of aromatic carboxylic acids is 2. The van der Waals surface area contributed by atoms with E-state index in [0.717, 1.165) is 24.3 Å². The first-order valence-electron chi connectivity index (χ1n) is 53.9. The van der Waals surface area contributed by atoms with Crippen LogP contribution in [-0.2, 0) is 9.84 Å². The van der Waals surface area contributed by atoms with Crippen molar-refractivity contribution < 1.29 is 37.2 Å². The zero-order chi connectivity index (χ0) is 86.8. The summed E-state index contributed by atoms with van der Waals surface area (Å²) in [4.78, 5) is 21.0. The Morgan fingerprint density at radius 1 is 0.193 bits per heavy atom. The first-order chi connectivity index (χ1) is 58.3. The number of nitrogens with zero attached hydrogens (tertiary/aromatic N) is 2. The van der Waals surface area contributed by atoms with E-state index < -0.39 is 42.7 Å². The molecule has 0 aliphatic rings. The van der Waals surface area contributed by atoms with Crippen molar-refractivity contribution in [2.24, 2.45) is 0 Å². The van der Waals surface area contributed by atoms with Crippen LogP contribution in [0.2, 0.25) is 0 Å². The van der Waals surface area contributed by atoms with Gasteiger partial charge in [0.15, 0.2) is 0 Å². The molecular weight excluding hydrogens is 1480 g/mol. The maximum absolute atomic E-state index is 12.5. The van der Waals surface area contributed by atoms with Gasteiger partial charge in [0.25, 0.3) is 0 Å². The third kappa shape index (κ3) is 72.0. The standard InChI is InChI=1S/2C48H100N.C14H10O6S/c2*1-5-9-13-17-21-25-29-33-37-41-45-49(46-42-38-34-30-26-22-18-14-10-6-2,47-43-39-35-31-27-23-19-15-11-7-3)48-44-40-36-32-28-24-20-16-12-8-4;15-13(16)9-5-1-3-7-11(9)21(19,20)12-8-4-2-6-10(12)14(17)18/h2*5-48H2,1-4H3;1-8H,(H,15,16)(H,17,18)/q2*+1;/p-2. The van der Waals surface area contributed by atoms with E-state index >= 15 is 0 Å². The molecule has 0 aliphatic heterocycles. The number of hydrogen-bond donors (Lipinski definition) is 0. The summed E-state index contributed by atoms with van der Waals surface area (Å²) in [6.07, 6.45) is 117. The lowest BCUT2D eigenvalue weighted by Gasteiger charge is -2.40. The summed E-state index contributed by atoms with van der Waals surface area (Å²) in [5, 5.41) is 22.0. The normalized spacial score (nSPS) is 11.8. The highest BCUT2D eigenvalue weighted by atomic mass is 32.2. The molecule has 8 nitrogen and oxygen atoms in total. The van der Waals surface area contributed by atoms with Crippen molar-refractivity contribution in [1.82, 2.24) is 0 Å². The average Bonchev–Trinajstić information content (AvgIpc) is 0.774. The first-order valence-corrected chi connectivity index (χ1v) is 55.4. The van der Waals surface area contributed by atoms with E-state index in [-0.39, 0.29) is 0 Å². The molecule has 2 aromatic carbocycles. The molecule has 9 heteroatoms. The van der Waals surface area contributed by atoms with Crippen LogP contribution >= 0.6 is 0 Å². The molecule has 2 rings (SSSR count). The second-order valence-electron chi connectivity index (χ2n) is 38.0. The third-order valence-electron chi connectivity index (χ3n) is 26.7. The summed E-state index contributed by atoms with van der Waals surface area (Å²) < 4.78 is 28.0. The Hall–Kier alpha value is -2.75. The van der Waals surface area contributed by atoms with Crippen molar-refractivity contribution in [2.75, 3.05) is 52.4 Å². The Bertz CT molecular complexity index is 2150. The Labute approximate surface area is 745 Å². The first kappa shape index (κ1) is 116. The molecule has 0 spiro atoms. The Kier molecular flexibility index (Phi) is 88.0. The average molecular weight is 1690 g/mol. The predicted molar refractivity (Wildman–Crippen MR) is 521 cm³/mol. The molecule has 0 unspecified atom stereocenters. The lowest BCUT2D eigenvalue weighted by Crippen LogP contribution is -2.50. The van der Waals surface area contributed by atoms with Crippen LogP contribution in [0.15, 0.2) is 58.3 Å². The number of carboxylic acid groups (broad SMARTS) is 2. The molecule has 2 aromatic rings. The number of sulfone groups is 1. The molecule has 0 atom stereocenters. The van der Waals surface area contributed by atoms with E-state index in [0.29, 0.717) is 0 Å². The molecule has 119 heavy (non-hydrogen) atoms. The highest BCUT2D eigenvalue weighted by Gasteiger charge is 2.29. The Balaban J connectivity index is 0.00000188. The number of benzene rings is 2. The quantitative estimate of drug-likeness (QED) is 0.0481. The molecule has 0 aromatic heterocycles. The molecule has 0 amide bonds. The molecule has 0 N–H and O–H groups in total.